The highest BCUT2D eigenvalue weighted by molar-refractivity contribution is 7.78. The second-order valence-electron chi connectivity index (χ2n) is 6.90. The highest BCUT2D eigenvalue weighted by atomic mass is 32.2. The quantitative estimate of drug-likeness (QED) is 0.509. The Labute approximate surface area is 167 Å². The average molecular weight is 413 g/mol. The predicted octanol–water partition coefficient (Wildman–Crippen LogP) is 4.21. The molecule has 0 radical (unpaired) electrons. The molecule has 0 spiro atoms. The number of fused-ring (bicyclic) bond motifs is 3. The van der Waals surface area contributed by atoms with Crippen LogP contribution >= 0.6 is 11.3 Å². The molecule has 4 aromatic rings. The first kappa shape index (κ1) is 18.8. The van der Waals surface area contributed by atoms with Crippen molar-refractivity contribution >= 4 is 49.6 Å². The molecule has 0 aliphatic carbocycles. The number of carbonyl (C=O) groups is 1. The fourth-order valence-electron chi connectivity index (χ4n) is 3.10. The summed E-state index contributed by atoms with van der Waals surface area (Å²) in [5, 5.41) is 12.5. The summed E-state index contributed by atoms with van der Waals surface area (Å²) in [5.41, 5.74) is 0.736. The zero-order chi connectivity index (χ0) is 19.9. The summed E-state index contributed by atoms with van der Waals surface area (Å²) < 4.78 is 18.5. The van der Waals surface area contributed by atoms with Crippen molar-refractivity contribution in [3.8, 4) is 0 Å². The Morgan fingerprint density at radius 2 is 1.71 bits per heavy atom. The minimum Gasteiger partial charge on any atom is -0.439 e. The third-order valence-electron chi connectivity index (χ3n) is 4.34. The Bertz CT molecular complexity index is 1220. The Morgan fingerprint density at radius 3 is 2.25 bits per heavy atom. The van der Waals surface area contributed by atoms with Crippen LogP contribution in [0, 0.1) is 0 Å². The first-order valence-corrected chi connectivity index (χ1v) is 10.6. The van der Waals surface area contributed by atoms with Gasteiger partial charge >= 0.3 is 0 Å². The first-order chi connectivity index (χ1) is 13.3. The molecule has 8 heteroatoms. The molecule has 0 aliphatic rings. The summed E-state index contributed by atoms with van der Waals surface area (Å²) in [4.78, 5) is 16.6. The minimum atomic E-state index is -1.85. The van der Waals surface area contributed by atoms with E-state index in [0.717, 1.165) is 33.1 Å². The van der Waals surface area contributed by atoms with Gasteiger partial charge in [-0.25, -0.2) is 4.98 Å². The normalized spacial score (nSPS) is 13.4. The van der Waals surface area contributed by atoms with Crippen molar-refractivity contribution in [2.75, 3.05) is 0 Å². The Morgan fingerprint density at radius 1 is 1.14 bits per heavy atom. The molecule has 0 fully saturated rings. The number of aromatic nitrogens is 2. The molecular formula is C20H18N3O3S2-. The fraction of sp³-hybridized carbons (Fsp3) is 0.200. The van der Waals surface area contributed by atoms with Gasteiger partial charge in [0.25, 0.3) is 0 Å². The van der Waals surface area contributed by atoms with Crippen molar-refractivity contribution in [1.82, 2.24) is 9.55 Å². The molecule has 0 saturated carbocycles. The Hall–Kier alpha value is -2.55. The van der Waals surface area contributed by atoms with E-state index in [9.17, 15) is 14.1 Å². The molecule has 2 aromatic carbocycles. The lowest BCUT2D eigenvalue weighted by molar-refractivity contribution is -0.118. The molecule has 6 nitrogen and oxygen atoms in total. The predicted molar refractivity (Wildman–Crippen MR) is 111 cm³/mol. The molecule has 144 valence electrons. The van der Waals surface area contributed by atoms with Crippen molar-refractivity contribution in [2.45, 2.75) is 30.2 Å². The van der Waals surface area contributed by atoms with E-state index >= 15 is 0 Å². The number of carbonyl (C=O) groups excluding carboxylic acids is 1. The number of rotatable bonds is 4. The summed E-state index contributed by atoms with van der Waals surface area (Å²) in [7, 11) is -1.85. The van der Waals surface area contributed by atoms with E-state index in [0.29, 0.717) is 9.22 Å². The van der Waals surface area contributed by atoms with Crippen molar-refractivity contribution in [2.24, 2.45) is 4.36 Å². The third kappa shape index (κ3) is 3.46. The van der Waals surface area contributed by atoms with Crippen molar-refractivity contribution in [3.05, 3.63) is 59.7 Å². The molecule has 0 bridgehead atoms. The molecule has 0 saturated heterocycles. The van der Waals surface area contributed by atoms with Crippen LogP contribution in [0.25, 0.3) is 21.8 Å². The van der Waals surface area contributed by atoms with Crippen LogP contribution in [0.4, 0.5) is 0 Å². The van der Waals surface area contributed by atoms with Gasteiger partial charge in [-0.3, -0.25) is 4.79 Å². The molecule has 0 unspecified atom stereocenters. The number of amides is 1. The van der Waals surface area contributed by atoms with Crippen LogP contribution in [-0.4, -0.2) is 20.6 Å². The maximum absolute atomic E-state index is 12.5. The van der Waals surface area contributed by atoms with E-state index in [4.69, 9.17) is 0 Å². The molecular weight excluding hydrogens is 394 g/mol. The van der Waals surface area contributed by atoms with Gasteiger partial charge in [-0.2, -0.15) is 0 Å². The Balaban J connectivity index is 1.68. The van der Waals surface area contributed by atoms with E-state index in [1.165, 1.54) is 6.20 Å². The van der Waals surface area contributed by atoms with Gasteiger partial charge in [0.1, 0.15) is 17.2 Å². The molecule has 28 heavy (non-hydrogen) atoms. The summed E-state index contributed by atoms with van der Waals surface area (Å²) in [5.74, 6) is -0.483. The number of nitrogens with zero attached hydrogens (tertiary/aromatic N) is 3. The lowest BCUT2D eigenvalue weighted by Gasteiger charge is -2.12. The molecule has 0 atom stereocenters. The van der Waals surface area contributed by atoms with Crippen LogP contribution in [0.1, 0.15) is 18.9 Å². The summed E-state index contributed by atoms with van der Waals surface area (Å²) in [6.07, 6.45) is 1.39. The first-order valence-electron chi connectivity index (χ1n) is 8.66. The second kappa shape index (κ2) is 7.12. The van der Waals surface area contributed by atoms with E-state index in [1.54, 1.807) is 13.8 Å². The van der Waals surface area contributed by atoms with Crippen LogP contribution in [0.3, 0.4) is 0 Å². The Kier molecular flexibility index (Phi) is 4.78. The zero-order valence-corrected chi connectivity index (χ0v) is 17.0. The smallest absolute Gasteiger partial charge is 0.242 e. The molecule has 2 aromatic heterocycles. The SMILES string of the molecule is CC(C)(O)c1ncc([S-](=O)=NC(=O)Cn2c3ccccc3c3ccccc32)s1. The number of hydrogen-bond acceptors (Lipinski definition) is 6. The van der Waals surface area contributed by atoms with Crippen molar-refractivity contribution in [1.29, 1.82) is 0 Å². The topological polar surface area (TPSA) is 84.6 Å². The van der Waals surface area contributed by atoms with Crippen LogP contribution in [0.15, 0.2) is 63.3 Å². The number of benzene rings is 2. The lowest BCUT2D eigenvalue weighted by Crippen LogP contribution is -2.14. The van der Waals surface area contributed by atoms with E-state index in [-0.39, 0.29) is 6.54 Å². The van der Waals surface area contributed by atoms with Gasteiger partial charge in [0.2, 0.25) is 5.91 Å². The van der Waals surface area contributed by atoms with Crippen LogP contribution in [-0.2, 0) is 31.7 Å². The third-order valence-corrected chi connectivity index (χ3v) is 6.94. The molecule has 2 heterocycles. The van der Waals surface area contributed by atoms with Gasteiger partial charge in [-0.1, -0.05) is 36.4 Å². The number of hydrogen-bond donors (Lipinski definition) is 1. The van der Waals surface area contributed by atoms with Crippen molar-refractivity contribution in [3.63, 3.8) is 0 Å². The lowest BCUT2D eigenvalue weighted by atomic mass is 10.2. The van der Waals surface area contributed by atoms with Crippen LogP contribution < -0.4 is 0 Å². The van der Waals surface area contributed by atoms with E-state index in [1.807, 2.05) is 53.1 Å². The highest BCUT2D eigenvalue weighted by Crippen LogP contribution is 2.29. The molecule has 0 aliphatic heterocycles. The van der Waals surface area contributed by atoms with Gasteiger partial charge in [-0.15, -0.1) is 21.9 Å². The molecule has 4 rings (SSSR count). The van der Waals surface area contributed by atoms with E-state index in [2.05, 4.69) is 9.35 Å². The summed E-state index contributed by atoms with van der Waals surface area (Å²) >= 11 is 1.09. The zero-order valence-electron chi connectivity index (χ0n) is 15.3. The fourth-order valence-corrected chi connectivity index (χ4v) is 4.86. The van der Waals surface area contributed by atoms with Gasteiger partial charge < -0.3 is 18.2 Å². The number of para-hydroxylation sites is 2. The molecule has 1 N–H and O–H groups in total. The molecule has 1 amide bonds. The standard InChI is InChI=1S/C20H18N3O3S2/c1-20(2,25)19-21-11-18(27-19)28(26)22-17(24)12-23-15-9-5-3-7-13(15)14-8-4-6-10-16(14)23/h3-11,25H,12H2,1-2H3/q-1. The highest BCUT2D eigenvalue weighted by Gasteiger charge is 2.19. The van der Waals surface area contributed by atoms with E-state index < -0.39 is 22.1 Å². The minimum absolute atomic E-state index is 0.00305. The van der Waals surface area contributed by atoms with Gasteiger partial charge in [-0.05, 0) is 30.2 Å². The second-order valence-corrected chi connectivity index (χ2v) is 9.31. The van der Waals surface area contributed by atoms with Crippen LogP contribution in [0.5, 0.6) is 0 Å². The monoisotopic (exact) mass is 412 g/mol. The van der Waals surface area contributed by atoms with Gasteiger partial charge in [0.05, 0.1) is 0 Å². The summed E-state index contributed by atoms with van der Waals surface area (Å²) in [6, 6.07) is 15.7. The van der Waals surface area contributed by atoms with Gasteiger partial charge in [0.15, 0.2) is 0 Å². The maximum Gasteiger partial charge on any atom is 0.242 e. The van der Waals surface area contributed by atoms with Crippen LogP contribution in [0.2, 0.25) is 0 Å². The summed E-state index contributed by atoms with van der Waals surface area (Å²) in [6.45, 7) is 3.20. The number of aliphatic hydroxyl groups is 1. The largest absolute Gasteiger partial charge is 0.439 e. The van der Waals surface area contributed by atoms with Crippen molar-refractivity contribution < 1.29 is 14.1 Å². The number of thiazole rings is 1. The van der Waals surface area contributed by atoms with Gasteiger partial charge in [0, 0.05) is 28.0 Å². The maximum atomic E-state index is 12.5. The average Bonchev–Trinajstić information content (AvgIpc) is 3.27.